The summed E-state index contributed by atoms with van der Waals surface area (Å²) in [6.45, 7) is 7.30. The summed E-state index contributed by atoms with van der Waals surface area (Å²) in [5.74, 6) is 0.825. The Kier molecular flexibility index (Phi) is 4.46. The highest BCUT2D eigenvalue weighted by Crippen LogP contribution is 2.42. The molecule has 1 aromatic rings. The summed E-state index contributed by atoms with van der Waals surface area (Å²) < 4.78 is 0. The third-order valence-electron chi connectivity index (χ3n) is 3.59. The Labute approximate surface area is 114 Å². The van der Waals surface area contributed by atoms with Crippen LogP contribution in [0.2, 0.25) is 0 Å². The van der Waals surface area contributed by atoms with Crippen LogP contribution in [0.15, 0.2) is 17.5 Å². The van der Waals surface area contributed by atoms with Crippen LogP contribution in [0.4, 0.5) is 0 Å². The molecule has 1 aromatic heterocycles. The molecular weight excluding hydrogens is 242 g/mol. The van der Waals surface area contributed by atoms with Gasteiger partial charge in [0.05, 0.1) is 6.10 Å². The average Bonchev–Trinajstić information content (AvgIpc) is 2.92. The van der Waals surface area contributed by atoms with Crippen molar-refractivity contribution < 1.29 is 5.11 Å². The molecule has 0 radical (unpaired) electrons. The van der Waals surface area contributed by atoms with E-state index in [0.29, 0.717) is 6.04 Å². The maximum atomic E-state index is 9.53. The molecule has 1 heterocycles. The molecule has 1 aliphatic carbocycles. The van der Waals surface area contributed by atoms with Crippen LogP contribution in [-0.4, -0.2) is 17.8 Å². The summed E-state index contributed by atoms with van der Waals surface area (Å²) in [7, 11) is 0. The maximum Gasteiger partial charge on any atom is 0.0517 e. The molecule has 0 bridgehead atoms. The molecule has 2 N–H and O–H groups in total. The van der Waals surface area contributed by atoms with Crippen LogP contribution < -0.4 is 5.32 Å². The second-order valence-corrected chi connectivity index (χ2v) is 7.41. The number of nitrogens with one attached hydrogen (secondary N) is 1. The molecule has 2 rings (SSSR count). The fraction of sp³-hybridized carbons (Fsp3) is 0.733. The summed E-state index contributed by atoms with van der Waals surface area (Å²) >= 11 is 1.85. The molecule has 2 unspecified atom stereocenters. The van der Waals surface area contributed by atoms with Gasteiger partial charge in [-0.25, -0.2) is 0 Å². The Morgan fingerprint density at radius 3 is 2.72 bits per heavy atom. The monoisotopic (exact) mass is 267 g/mol. The number of rotatable bonds is 7. The topological polar surface area (TPSA) is 32.3 Å². The molecule has 1 aliphatic rings. The van der Waals surface area contributed by atoms with Gasteiger partial charge < -0.3 is 10.4 Å². The lowest BCUT2D eigenvalue weighted by atomic mass is 9.86. The van der Waals surface area contributed by atoms with E-state index in [1.165, 1.54) is 17.7 Å². The van der Waals surface area contributed by atoms with Crippen molar-refractivity contribution in [2.24, 2.45) is 11.3 Å². The van der Waals surface area contributed by atoms with Crippen LogP contribution in [0.3, 0.4) is 0 Å². The first-order valence-electron chi connectivity index (χ1n) is 6.93. The van der Waals surface area contributed by atoms with Gasteiger partial charge in [0.1, 0.15) is 0 Å². The summed E-state index contributed by atoms with van der Waals surface area (Å²) in [5.41, 5.74) is 0.151. The molecular formula is C15H25NOS. The largest absolute Gasteiger partial charge is 0.393 e. The van der Waals surface area contributed by atoms with E-state index in [4.69, 9.17) is 0 Å². The van der Waals surface area contributed by atoms with Gasteiger partial charge in [-0.2, -0.15) is 0 Å². The molecule has 0 aromatic carbocycles. The fourth-order valence-electron chi connectivity index (χ4n) is 2.66. The number of thiophene rings is 1. The van der Waals surface area contributed by atoms with Crippen molar-refractivity contribution in [3.05, 3.63) is 22.4 Å². The minimum absolute atomic E-state index is 0.151. The maximum absolute atomic E-state index is 9.53. The predicted octanol–water partition coefficient (Wildman–Crippen LogP) is 3.59. The fourth-order valence-corrected chi connectivity index (χ4v) is 3.55. The number of aliphatic hydroxyl groups excluding tert-OH is 1. The molecule has 0 spiro atoms. The molecule has 0 saturated heterocycles. The first kappa shape index (κ1) is 14.0. The van der Waals surface area contributed by atoms with Crippen molar-refractivity contribution in [2.75, 3.05) is 6.54 Å². The number of hydrogen-bond donors (Lipinski definition) is 2. The minimum Gasteiger partial charge on any atom is -0.393 e. The summed E-state index contributed by atoms with van der Waals surface area (Å²) in [6, 6.07) is 4.90. The third kappa shape index (κ3) is 4.08. The summed E-state index contributed by atoms with van der Waals surface area (Å²) in [5, 5.41) is 15.4. The van der Waals surface area contributed by atoms with Gasteiger partial charge in [-0.3, -0.25) is 0 Å². The Hall–Kier alpha value is -0.380. The number of hydrogen-bond acceptors (Lipinski definition) is 3. The molecule has 102 valence electrons. The Balaban J connectivity index is 1.90. The Morgan fingerprint density at radius 1 is 1.50 bits per heavy atom. The van der Waals surface area contributed by atoms with Crippen LogP contribution >= 0.6 is 11.3 Å². The van der Waals surface area contributed by atoms with E-state index in [9.17, 15) is 5.11 Å². The van der Waals surface area contributed by atoms with Gasteiger partial charge in [0.15, 0.2) is 0 Å². The highest BCUT2D eigenvalue weighted by molar-refractivity contribution is 7.10. The van der Waals surface area contributed by atoms with Crippen molar-refractivity contribution in [3.63, 3.8) is 0 Å². The zero-order chi connectivity index (χ0) is 13.2. The van der Waals surface area contributed by atoms with E-state index in [0.717, 1.165) is 18.9 Å². The Bertz CT molecular complexity index is 355. The van der Waals surface area contributed by atoms with Gasteiger partial charge in [-0.15, -0.1) is 11.3 Å². The van der Waals surface area contributed by atoms with E-state index in [1.807, 2.05) is 18.3 Å². The number of aliphatic hydroxyl groups is 1. The molecule has 3 heteroatoms. The quantitative estimate of drug-likeness (QED) is 0.791. The smallest absolute Gasteiger partial charge is 0.0517 e. The van der Waals surface area contributed by atoms with Crippen LogP contribution in [-0.2, 0) is 0 Å². The van der Waals surface area contributed by atoms with Gasteiger partial charge in [0, 0.05) is 17.5 Å². The first-order chi connectivity index (χ1) is 8.48. The highest BCUT2D eigenvalue weighted by Gasteiger charge is 2.33. The SMILES string of the molecule is CC(O)CC(C)(C)CNC(c1cccs1)C1CC1. The molecule has 1 fully saturated rings. The van der Waals surface area contributed by atoms with Crippen molar-refractivity contribution in [2.45, 2.75) is 52.2 Å². The lowest BCUT2D eigenvalue weighted by molar-refractivity contribution is 0.126. The van der Waals surface area contributed by atoms with Crippen molar-refractivity contribution in [1.29, 1.82) is 0 Å². The van der Waals surface area contributed by atoms with Crippen LogP contribution in [0.5, 0.6) is 0 Å². The minimum atomic E-state index is -0.220. The lowest BCUT2D eigenvalue weighted by Gasteiger charge is -2.29. The van der Waals surface area contributed by atoms with Gasteiger partial charge >= 0.3 is 0 Å². The van der Waals surface area contributed by atoms with E-state index in [-0.39, 0.29) is 11.5 Å². The van der Waals surface area contributed by atoms with Crippen LogP contribution in [0.25, 0.3) is 0 Å². The van der Waals surface area contributed by atoms with Gasteiger partial charge in [0.2, 0.25) is 0 Å². The average molecular weight is 267 g/mol. The normalized spacial score (nSPS) is 19.8. The van der Waals surface area contributed by atoms with Gasteiger partial charge in [0.25, 0.3) is 0 Å². The second-order valence-electron chi connectivity index (χ2n) is 6.43. The molecule has 2 nitrogen and oxygen atoms in total. The molecule has 1 saturated carbocycles. The first-order valence-corrected chi connectivity index (χ1v) is 7.81. The molecule has 18 heavy (non-hydrogen) atoms. The molecule has 0 aliphatic heterocycles. The lowest BCUT2D eigenvalue weighted by Crippen LogP contribution is -2.34. The van der Waals surface area contributed by atoms with E-state index in [1.54, 1.807) is 0 Å². The van der Waals surface area contributed by atoms with Gasteiger partial charge in [-0.05, 0) is 49.0 Å². The summed E-state index contributed by atoms with van der Waals surface area (Å²) in [4.78, 5) is 1.46. The van der Waals surface area contributed by atoms with Crippen molar-refractivity contribution in [1.82, 2.24) is 5.32 Å². The second kappa shape index (κ2) is 5.72. The van der Waals surface area contributed by atoms with E-state index < -0.39 is 0 Å². The summed E-state index contributed by atoms with van der Waals surface area (Å²) in [6.07, 6.45) is 3.34. The van der Waals surface area contributed by atoms with Gasteiger partial charge in [-0.1, -0.05) is 19.9 Å². The Morgan fingerprint density at radius 2 is 2.22 bits per heavy atom. The van der Waals surface area contributed by atoms with Crippen molar-refractivity contribution in [3.8, 4) is 0 Å². The highest BCUT2D eigenvalue weighted by atomic mass is 32.1. The van der Waals surface area contributed by atoms with Crippen LogP contribution in [0, 0.1) is 11.3 Å². The van der Waals surface area contributed by atoms with E-state index in [2.05, 4.69) is 36.7 Å². The van der Waals surface area contributed by atoms with Crippen LogP contribution in [0.1, 0.15) is 51.0 Å². The standard InChI is InChI=1S/C15H25NOS/c1-11(17)9-15(2,3)10-16-14(12-6-7-12)13-5-4-8-18-13/h4-5,8,11-12,14,16-17H,6-7,9-10H2,1-3H3. The van der Waals surface area contributed by atoms with Crippen molar-refractivity contribution >= 4 is 11.3 Å². The van der Waals surface area contributed by atoms with E-state index >= 15 is 0 Å². The predicted molar refractivity (Wildman–Crippen MR) is 77.9 cm³/mol. The zero-order valence-corrected chi connectivity index (χ0v) is 12.5. The zero-order valence-electron chi connectivity index (χ0n) is 11.6. The molecule has 0 amide bonds. The third-order valence-corrected chi connectivity index (χ3v) is 4.55. The molecule has 2 atom stereocenters.